The highest BCUT2D eigenvalue weighted by molar-refractivity contribution is 5.51. The van der Waals surface area contributed by atoms with Crippen LogP contribution < -0.4 is 34.0 Å². The van der Waals surface area contributed by atoms with Gasteiger partial charge in [0.1, 0.15) is 11.6 Å². The van der Waals surface area contributed by atoms with Crippen molar-refractivity contribution in [3.63, 3.8) is 0 Å². The lowest BCUT2D eigenvalue weighted by Crippen LogP contribution is -2.44. The molecule has 10 heteroatoms. The Morgan fingerprint density at radius 3 is 1.48 bits per heavy atom. The van der Waals surface area contributed by atoms with E-state index < -0.39 is 28.4 Å². The van der Waals surface area contributed by atoms with E-state index in [1.807, 2.05) is 0 Å². The van der Waals surface area contributed by atoms with Crippen LogP contribution in [0.1, 0.15) is 56.1 Å². The van der Waals surface area contributed by atoms with E-state index in [1.54, 1.807) is 0 Å². The Balaban J connectivity index is 2.86. The molecule has 4 N–H and O–H groups in total. The normalized spacial score (nSPS) is 11.4. The number of aromatic nitrogens is 4. The van der Waals surface area contributed by atoms with E-state index in [0.717, 1.165) is 34.8 Å². The second-order valence-electron chi connectivity index (χ2n) is 7.41. The van der Waals surface area contributed by atoms with Crippen molar-refractivity contribution in [1.29, 1.82) is 0 Å². The summed E-state index contributed by atoms with van der Waals surface area (Å²) >= 11 is 0. The largest absolute Gasteiger partial charge is 0.385 e. The fourth-order valence-electron chi connectivity index (χ4n) is 3.64. The molecule has 0 aromatic carbocycles. The van der Waals surface area contributed by atoms with Gasteiger partial charge < -0.3 is 11.5 Å². The van der Waals surface area contributed by atoms with Crippen molar-refractivity contribution in [2.45, 2.75) is 44.9 Å². The van der Waals surface area contributed by atoms with Crippen molar-refractivity contribution < 1.29 is 0 Å². The summed E-state index contributed by atoms with van der Waals surface area (Å²) in [6.45, 7) is 2.08. The van der Waals surface area contributed by atoms with Crippen LogP contribution in [-0.2, 0) is 28.2 Å². The van der Waals surface area contributed by atoms with Crippen LogP contribution in [0.4, 0.5) is 11.6 Å². The molecular weight excluding hydrogens is 376 g/mol. The van der Waals surface area contributed by atoms with E-state index in [-0.39, 0.29) is 22.8 Å². The topological polar surface area (TPSA) is 140 Å². The Labute approximate surface area is 168 Å². The molecule has 0 aliphatic rings. The molecule has 0 fully saturated rings. The average Bonchev–Trinajstić information content (AvgIpc) is 2.70. The van der Waals surface area contributed by atoms with Crippen LogP contribution in [0.15, 0.2) is 19.2 Å². The SMILES string of the molecule is CCCCCCC(c1c(N)n(C)c(=O)n(C)c1=O)c1c(N)n(C)c(=O)n(C)c1=O. The number of unbranched alkanes of at least 4 members (excludes halogenated alkanes) is 3. The van der Waals surface area contributed by atoms with Gasteiger partial charge in [0.05, 0.1) is 11.1 Å². The zero-order valence-corrected chi connectivity index (χ0v) is 17.7. The van der Waals surface area contributed by atoms with Gasteiger partial charge in [0.15, 0.2) is 0 Å². The number of hydrogen-bond acceptors (Lipinski definition) is 6. The first-order valence-electron chi connectivity index (χ1n) is 9.66. The van der Waals surface area contributed by atoms with E-state index >= 15 is 0 Å². The fourth-order valence-corrected chi connectivity index (χ4v) is 3.64. The molecule has 2 rings (SSSR count). The minimum absolute atomic E-state index is 0.00565. The maximum Gasteiger partial charge on any atom is 0.332 e. The summed E-state index contributed by atoms with van der Waals surface area (Å²) in [7, 11) is 5.67. The summed E-state index contributed by atoms with van der Waals surface area (Å²) in [6.07, 6.45) is 4.11. The van der Waals surface area contributed by atoms with Crippen LogP contribution in [0.5, 0.6) is 0 Å². The lowest BCUT2D eigenvalue weighted by molar-refractivity contribution is 0.567. The standard InChI is InChI=1S/C19H30N6O4/c1-6-7-8-9-10-11(12-14(20)22(2)18(28)24(4)16(12)26)13-15(21)23(3)19(29)25(5)17(13)27/h11H,6-10,20-21H2,1-5H3. The van der Waals surface area contributed by atoms with Gasteiger partial charge in [-0.3, -0.25) is 27.9 Å². The lowest BCUT2D eigenvalue weighted by Gasteiger charge is -2.23. The van der Waals surface area contributed by atoms with Gasteiger partial charge in [0, 0.05) is 34.1 Å². The molecule has 0 aliphatic heterocycles. The molecule has 0 bridgehead atoms. The van der Waals surface area contributed by atoms with Crippen LogP contribution in [0.3, 0.4) is 0 Å². The number of nitrogens with zero attached hydrogens (tertiary/aromatic N) is 4. The van der Waals surface area contributed by atoms with Crippen LogP contribution in [0, 0.1) is 0 Å². The first kappa shape index (κ1) is 22.3. The molecule has 0 unspecified atom stereocenters. The molecule has 2 aromatic heterocycles. The van der Waals surface area contributed by atoms with E-state index in [2.05, 4.69) is 6.92 Å². The zero-order valence-electron chi connectivity index (χ0n) is 17.7. The lowest BCUT2D eigenvalue weighted by atomic mass is 9.87. The smallest absolute Gasteiger partial charge is 0.332 e. The molecular formula is C19H30N6O4. The Hall–Kier alpha value is -3.04. The maximum atomic E-state index is 13.0. The molecule has 160 valence electrons. The Morgan fingerprint density at radius 2 is 1.10 bits per heavy atom. The van der Waals surface area contributed by atoms with Gasteiger partial charge in [-0.1, -0.05) is 32.6 Å². The third-order valence-corrected chi connectivity index (χ3v) is 5.54. The van der Waals surface area contributed by atoms with Gasteiger partial charge in [0.2, 0.25) is 0 Å². The van der Waals surface area contributed by atoms with Crippen molar-refractivity contribution in [2.75, 3.05) is 11.5 Å². The van der Waals surface area contributed by atoms with Crippen molar-refractivity contribution in [3.05, 3.63) is 52.8 Å². The Bertz CT molecular complexity index is 1070. The summed E-state index contributed by atoms with van der Waals surface area (Å²) in [4.78, 5) is 50.4. The van der Waals surface area contributed by atoms with Crippen LogP contribution >= 0.6 is 0 Å². The van der Waals surface area contributed by atoms with Gasteiger partial charge in [-0.2, -0.15) is 0 Å². The number of anilines is 2. The van der Waals surface area contributed by atoms with Crippen molar-refractivity contribution >= 4 is 11.6 Å². The van der Waals surface area contributed by atoms with Crippen LogP contribution in [0.25, 0.3) is 0 Å². The molecule has 0 aliphatic carbocycles. The summed E-state index contributed by atoms with van der Waals surface area (Å²) < 4.78 is 4.29. The third kappa shape index (κ3) is 3.79. The van der Waals surface area contributed by atoms with Crippen LogP contribution in [0.2, 0.25) is 0 Å². The molecule has 2 heterocycles. The summed E-state index contributed by atoms with van der Waals surface area (Å²) in [5, 5.41) is 0. The van der Waals surface area contributed by atoms with E-state index in [4.69, 9.17) is 11.5 Å². The van der Waals surface area contributed by atoms with Crippen molar-refractivity contribution in [3.8, 4) is 0 Å². The Morgan fingerprint density at radius 1 is 0.690 bits per heavy atom. The van der Waals surface area contributed by atoms with Gasteiger partial charge in [-0.25, -0.2) is 9.59 Å². The minimum Gasteiger partial charge on any atom is -0.385 e. The number of rotatable bonds is 7. The molecule has 10 nitrogen and oxygen atoms in total. The highest BCUT2D eigenvalue weighted by Gasteiger charge is 2.29. The molecule has 0 amide bonds. The van der Waals surface area contributed by atoms with Gasteiger partial charge in [-0.15, -0.1) is 0 Å². The van der Waals surface area contributed by atoms with Crippen molar-refractivity contribution in [1.82, 2.24) is 18.3 Å². The third-order valence-electron chi connectivity index (χ3n) is 5.54. The highest BCUT2D eigenvalue weighted by atomic mass is 16.2. The summed E-state index contributed by atoms with van der Waals surface area (Å²) in [6, 6.07) is 0. The first-order chi connectivity index (χ1) is 13.6. The number of nitrogen functional groups attached to an aromatic ring is 2. The van der Waals surface area contributed by atoms with E-state index in [0.29, 0.717) is 6.42 Å². The molecule has 29 heavy (non-hydrogen) atoms. The van der Waals surface area contributed by atoms with Crippen molar-refractivity contribution in [2.24, 2.45) is 28.2 Å². The van der Waals surface area contributed by atoms with Gasteiger partial charge in [-0.05, 0) is 6.42 Å². The summed E-state index contributed by atoms with van der Waals surface area (Å²) in [5.74, 6) is -0.745. The van der Waals surface area contributed by atoms with Crippen LogP contribution in [-0.4, -0.2) is 18.3 Å². The predicted octanol–water partition coefficient (Wildman–Crippen LogP) is -0.252. The van der Waals surface area contributed by atoms with E-state index in [9.17, 15) is 19.2 Å². The summed E-state index contributed by atoms with van der Waals surface area (Å²) in [5.41, 5.74) is 10.4. The van der Waals surface area contributed by atoms with Gasteiger partial charge in [0.25, 0.3) is 11.1 Å². The predicted molar refractivity (Wildman–Crippen MR) is 113 cm³/mol. The maximum absolute atomic E-state index is 13.0. The van der Waals surface area contributed by atoms with E-state index in [1.165, 1.54) is 37.3 Å². The minimum atomic E-state index is -0.733. The molecule has 0 saturated heterocycles. The molecule has 2 aromatic rings. The molecule has 0 radical (unpaired) electrons. The molecule has 0 spiro atoms. The van der Waals surface area contributed by atoms with Gasteiger partial charge >= 0.3 is 11.4 Å². The molecule has 0 saturated carbocycles. The monoisotopic (exact) mass is 406 g/mol. The average molecular weight is 406 g/mol. The first-order valence-corrected chi connectivity index (χ1v) is 9.66. The second kappa shape index (κ2) is 8.54. The quantitative estimate of drug-likeness (QED) is 0.608. The Kier molecular flexibility index (Phi) is 6.55. The molecule has 0 atom stereocenters. The highest BCUT2D eigenvalue weighted by Crippen LogP contribution is 2.31. The zero-order chi connectivity index (χ0) is 22.0. The number of nitrogens with two attached hydrogens (primary N) is 2. The fraction of sp³-hybridized carbons (Fsp3) is 0.579. The second-order valence-corrected chi connectivity index (χ2v) is 7.41. The number of hydrogen-bond donors (Lipinski definition) is 2.